The third-order valence-electron chi connectivity index (χ3n) is 5.43. The molecule has 3 rings (SSSR count). The highest BCUT2D eigenvalue weighted by molar-refractivity contribution is 6.46. The smallest absolute Gasteiger partial charge is 0.295 e. The molecule has 0 aromatic heterocycles. The molecule has 1 aliphatic rings. The second kappa shape index (κ2) is 8.84. The maximum Gasteiger partial charge on any atom is 0.295 e. The molecule has 0 radical (unpaired) electrons. The minimum atomic E-state index is -0.654. The Hall–Kier alpha value is -2.92. The maximum absolute atomic E-state index is 12.9. The van der Waals surface area contributed by atoms with E-state index in [9.17, 15) is 14.7 Å². The van der Waals surface area contributed by atoms with Gasteiger partial charge in [0.1, 0.15) is 5.76 Å². The van der Waals surface area contributed by atoms with Crippen LogP contribution in [0, 0.1) is 0 Å². The number of Topliss-reactive ketones (excluding diaryl/α,β-unsaturated/α-hetero) is 1. The van der Waals surface area contributed by atoms with Gasteiger partial charge < -0.3 is 14.7 Å². The van der Waals surface area contributed by atoms with E-state index in [1.165, 1.54) is 0 Å². The summed E-state index contributed by atoms with van der Waals surface area (Å²) >= 11 is 0. The summed E-state index contributed by atoms with van der Waals surface area (Å²) in [6.45, 7) is 7.25. The molecule has 0 unspecified atom stereocenters. The highest BCUT2D eigenvalue weighted by atomic mass is 16.5. The summed E-state index contributed by atoms with van der Waals surface area (Å²) in [5, 5.41) is 11.0. The molecule has 0 aliphatic carbocycles. The number of aliphatic hydroxyl groups is 1. The Labute approximate surface area is 178 Å². The first-order valence-corrected chi connectivity index (χ1v) is 10.2. The van der Waals surface area contributed by atoms with Crippen LogP contribution < -0.4 is 0 Å². The molecule has 5 nitrogen and oxygen atoms in total. The van der Waals surface area contributed by atoms with Crippen LogP contribution in [0.5, 0.6) is 0 Å². The molecule has 0 bridgehead atoms. The van der Waals surface area contributed by atoms with Gasteiger partial charge in [-0.25, -0.2) is 0 Å². The molecule has 0 spiro atoms. The number of carbonyl (C=O) groups is 2. The van der Waals surface area contributed by atoms with Crippen LogP contribution in [-0.4, -0.2) is 42.0 Å². The summed E-state index contributed by atoms with van der Waals surface area (Å²) in [6, 6.07) is 16.2. The van der Waals surface area contributed by atoms with Crippen molar-refractivity contribution in [3.8, 4) is 0 Å². The van der Waals surface area contributed by atoms with Crippen molar-refractivity contribution in [2.75, 3.05) is 20.3 Å². The molecule has 30 heavy (non-hydrogen) atoms. The van der Waals surface area contributed by atoms with Gasteiger partial charge in [-0.05, 0) is 23.0 Å². The van der Waals surface area contributed by atoms with Crippen LogP contribution in [0.25, 0.3) is 5.76 Å². The Balaban J connectivity index is 2.10. The van der Waals surface area contributed by atoms with E-state index in [1.54, 1.807) is 36.3 Å². The Morgan fingerprint density at radius 1 is 1.03 bits per heavy atom. The van der Waals surface area contributed by atoms with E-state index in [1.807, 2.05) is 30.3 Å². The minimum Gasteiger partial charge on any atom is -0.507 e. The lowest BCUT2D eigenvalue weighted by molar-refractivity contribution is -0.140. The Morgan fingerprint density at radius 3 is 2.23 bits per heavy atom. The number of aliphatic hydroxyl groups excluding tert-OH is 1. The third-order valence-corrected chi connectivity index (χ3v) is 5.43. The second-order valence-corrected chi connectivity index (χ2v) is 8.58. The zero-order valence-corrected chi connectivity index (χ0v) is 18.0. The lowest BCUT2D eigenvalue weighted by atomic mass is 9.85. The molecule has 1 saturated heterocycles. The molecular weight excluding hydrogens is 378 g/mol. The van der Waals surface area contributed by atoms with Gasteiger partial charge in [-0.15, -0.1) is 0 Å². The van der Waals surface area contributed by atoms with Gasteiger partial charge in [0.05, 0.1) is 11.6 Å². The summed E-state index contributed by atoms with van der Waals surface area (Å²) in [7, 11) is 1.60. The van der Waals surface area contributed by atoms with E-state index in [-0.39, 0.29) is 16.7 Å². The molecule has 1 fully saturated rings. The van der Waals surface area contributed by atoms with Crippen LogP contribution in [0.4, 0.5) is 0 Å². The Kier molecular flexibility index (Phi) is 6.42. The van der Waals surface area contributed by atoms with Crippen molar-refractivity contribution >= 4 is 17.4 Å². The molecule has 1 heterocycles. The topological polar surface area (TPSA) is 66.8 Å². The third kappa shape index (κ3) is 4.31. The van der Waals surface area contributed by atoms with E-state index < -0.39 is 17.7 Å². The number of rotatable bonds is 6. The van der Waals surface area contributed by atoms with Crippen LogP contribution in [0.2, 0.25) is 0 Å². The maximum atomic E-state index is 12.9. The standard InChI is InChI=1S/C25H29NO4/c1-25(2,3)19-13-11-17(12-14-19)21-20(22(27)18-9-6-5-7-10-18)23(28)24(29)26(21)15-8-16-30-4/h5-7,9-14,21,27H,8,15-16H2,1-4H3/t21-/m1/s1. The molecule has 1 atom stereocenters. The fraction of sp³-hybridized carbons (Fsp3) is 0.360. The quantitative estimate of drug-likeness (QED) is 0.333. The number of methoxy groups -OCH3 is 1. The number of ketones is 1. The van der Waals surface area contributed by atoms with E-state index >= 15 is 0 Å². The fourth-order valence-electron chi connectivity index (χ4n) is 3.75. The number of benzene rings is 2. The van der Waals surface area contributed by atoms with Gasteiger partial charge in [-0.3, -0.25) is 9.59 Å². The summed E-state index contributed by atoms with van der Waals surface area (Å²) in [6.07, 6.45) is 0.603. The van der Waals surface area contributed by atoms with E-state index in [2.05, 4.69) is 20.8 Å². The monoisotopic (exact) mass is 407 g/mol. The molecule has 2 aromatic rings. The molecule has 158 valence electrons. The first-order chi connectivity index (χ1) is 14.3. The first-order valence-electron chi connectivity index (χ1n) is 10.2. The van der Waals surface area contributed by atoms with Crippen LogP contribution >= 0.6 is 0 Å². The lowest BCUT2D eigenvalue weighted by Crippen LogP contribution is -2.31. The van der Waals surface area contributed by atoms with Crippen molar-refractivity contribution in [2.45, 2.75) is 38.6 Å². The van der Waals surface area contributed by atoms with Gasteiger partial charge in [0, 0.05) is 25.8 Å². The fourth-order valence-corrected chi connectivity index (χ4v) is 3.75. The van der Waals surface area contributed by atoms with Crippen LogP contribution in [0.3, 0.4) is 0 Å². The van der Waals surface area contributed by atoms with Gasteiger partial charge >= 0.3 is 0 Å². The Morgan fingerprint density at radius 2 is 1.67 bits per heavy atom. The Bertz CT molecular complexity index is 939. The van der Waals surface area contributed by atoms with Crippen molar-refractivity contribution < 1.29 is 19.4 Å². The summed E-state index contributed by atoms with van der Waals surface area (Å²) in [5.41, 5.74) is 2.60. The van der Waals surface area contributed by atoms with Crippen LogP contribution in [0.15, 0.2) is 60.2 Å². The molecule has 5 heteroatoms. The van der Waals surface area contributed by atoms with E-state index in [0.29, 0.717) is 25.1 Å². The van der Waals surface area contributed by atoms with E-state index in [4.69, 9.17) is 4.74 Å². The van der Waals surface area contributed by atoms with Crippen LogP contribution in [0.1, 0.15) is 49.9 Å². The van der Waals surface area contributed by atoms with Crippen molar-refractivity contribution in [3.63, 3.8) is 0 Å². The van der Waals surface area contributed by atoms with Gasteiger partial charge in [0.25, 0.3) is 11.7 Å². The molecule has 1 amide bonds. The number of carbonyl (C=O) groups excluding carboxylic acids is 2. The van der Waals surface area contributed by atoms with Crippen molar-refractivity contribution in [3.05, 3.63) is 76.9 Å². The van der Waals surface area contributed by atoms with Crippen molar-refractivity contribution in [1.29, 1.82) is 0 Å². The minimum absolute atomic E-state index is 0.0111. The van der Waals surface area contributed by atoms with Crippen molar-refractivity contribution in [2.24, 2.45) is 0 Å². The average molecular weight is 408 g/mol. The molecule has 0 saturated carbocycles. The number of hydrogen-bond donors (Lipinski definition) is 1. The normalized spacial score (nSPS) is 18.8. The van der Waals surface area contributed by atoms with Gasteiger partial charge in [-0.2, -0.15) is 0 Å². The SMILES string of the molecule is COCCCN1C(=O)C(=O)C(=C(O)c2ccccc2)[C@H]1c1ccc(C(C)(C)C)cc1. The van der Waals surface area contributed by atoms with Gasteiger partial charge in [0.2, 0.25) is 0 Å². The predicted molar refractivity (Wildman–Crippen MR) is 117 cm³/mol. The first kappa shape index (κ1) is 21.8. The molecule has 1 aliphatic heterocycles. The molecular formula is C25H29NO4. The number of ether oxygens (including phenoxy) is 1. The zero-order chi connectivity index (χ0) is 21.9. The van der Waals surface area contributed by atoms with Gasteiger partial charge in [0.15, 0.2) is 0 Å². The lowest BCUT2D eigenvalue weighted by Gasteiger charge is -2.26. The van der Waals surface area contributed by atoms with E-state index in [0.717, 1.165) is 11.1 Å². The summed E-state index contributed by atoms with van der Waals surface area (Å²) in [4.78, 5) is 27.3. The molecule has 2 aromatic carbocycles. The number of amides is 1. The zero-order valence-electron chi connectivity index (χ0n) is 18.0. The highest BCUT2D eigenvalue weighted by Crippen LogP contribution is 2.40. The van der Waals surface area contributed by atoms with Gasteiger partial charge in [-0.1, -0.05) is 75.4 Å². The van der Waals surface area contributed by atoms with Crippen molar-refractivity contribution in [1.82, 2.24) is 4.90 Å². The number of likely N-dealkylation sites (tertiary alicyclic amines) is 1. The summed E-state index contributed by atoms with van der Waals surface area (Å²) < 4.78 is 5.12. The summed E-state index contributed by atoms with van der Waals surface area (Å²) in [5.74, 6) is -1.39. The molecule has 1 N–H and O–H groups in total. The predicted octanol–water partition coefficient (Wildman–Crippen LogP) is 4.44. The van der Waals surface area contributed by atoms with Crippen LogP contribution in [-0.2, 0) is 19.7 Å². The average Bonchev–Trinajstić information content (AvgIpc) is 2.98. The highest BCUT2D eigenvalue weighted by Gasteiger charge is 2.45. The number of hydrogen-bond acceptors (Lipinski definition) is 4. The number of nitrogens with zero attached hydrogens (tertiary/aromatic N) is 1. The largest absolute Gasteiger partial charge is 0.507 e. The second-order valence-electron chi connectivity index (χ2n) is 8.58.